The minimum Gasteiger partial charge on any atom is -0.369 e. The molecule has 1 atom stereocenters. The number of halogens is 1. The van der Waals surface area contributed by atoms with Crippen LogP contribution < -0.4 is 5.32 Å². The van der Waals surface area contributed by atoms with E-state index in [2.05, 4.69) is 36.1 Å². The summed E-state index contributed by atoms with van der Waals surface area (Å²) in [5.74, 6) is 1.67. The van der Waals surface area contributed by atoms with Crippen molar-refractivity contribution in [1.82, 2.24) is 9.97 Å². The highest BCUT2D eigenvalue weighted by Crippen LogP contribution is 2.51. The van der Waals surface area contributed by atoms with Crippen molar-refractivity contribution in [3.8, 4) is 0 Å². The monoisotopic (exact) mass is 253 g/mol. The van der Waals surface area contributed by atoms with Crippen LogP contribution in [0.2, 0.25) is 5.15 Å². The van der Waals surface area contributed by atoms with Crippen LogP contribution in [0.1, 0.15) is 39.2 Å². The molecule has 0 radical (unpaired) electrons. The van der Waals surface area contributed by atoms with Gasteiger partial charge in [0.25, 0.3) is 0 Å². The lowest BCUT2D eigenvalue weighted by Gasteiger charge is -2.11. The van der Waals surface area contributed by atoms with Crippen molar-refractivity contribution in [3.05, 3.63) is 17.0 Å². The van der Waals surface area contributed by atoms with Crippen LogP contribution in [0.4, 0.5) is 5.82 Å². The van der Waals surface area contributed by atoms with Gasteiger partial charge in [-0.25, -0.2) is 9.97 Å². The Kier molecular flexibility index (Phi) is 3.57. The van der Waals surface area contributed by atoms with Crippen molar-refractivity contribution in [2.45, 2.75) is 40.0 Å². The van der Waals surface area contributed by atoms with Crippen molar-refractivity contribution in [1.29, 1.82) is 0 Å². The lowest BCUT2D eigenvalue weighted by Crippen LogP contribution is -2.11. The van der Waals surface area contributed by atoms with Gasteiger partial charge in [-0.15, -0.1) is 0 Å². The first kappa shape index (κ1) is 12.6. The zero-order chi connectivity index (χ0) is 12.5. The average Bonchev–Trinajstić information content (AvgIpc) is 2.88. The van der Waals surface area contributed by atoms with Crippen molar-refractivity contribution >= 4 is 17.4 Å². The predicted molar refractivity (Wildman–Crippen MR) is 71.4 cm³/mol. The highest BCUT2D eigenvalue weighted by Gasteiger charge is 2.45. The SMILES string of the molecule is CCCc1c(Cl)ncnc1NCC1CC1(C)C. The smallest absolute Gasteiger partial charge is 0.137 e. The van der Waals surface area contributed by atoms with Crippen molar-refractivity contribution in [2.24, 2.45) is 11.3 Å². The summed E-state index contributed by atoms with van der Waals surface area (Å²) < 4.78 is 0. The molecule has 1 N–H and O–H groups in total. The van der Waals surface area contributed by atoms with E-state index in [9.17, 15) is 0 Å². The Hall–Kier alpha value is -0.830. The van der Waals surface area contributed by atoms with E-state index in [1.807, 2.05) is 0 Å². The summed E-state index contributed by atoms with van der Waals surface area (Å²) in [6.45, 7) is 7.73. The molecule has 1 aliphatic rings. The third-order valence-corrected chi connectivity index (χ3v) is 3.95. The molecule has 0 spiro atoms. The van der Waals surface area contributed by atoms with Crippen LogP contribution in [0.5, 0.6) is 0 Å². The quantitative estimate of drug-likeness (QED) is 0.816. The highest BCUT2D eigenvalue weighted by atomic mass is 35.5. The molecule has 0 aromatic carbocycles. The van der Waals surface area contributed by atoms with Gasteiger partial charge >= 0.3 is 0 Å². The van der Waals surface area contributed by atoms with Crippen LogP contribution in [-0.4, -0.2) is 16.5 Å². The molecule has 94 valence electrons. The molecule has 0 aliphatic heterocycles. The molecule has 0 amide bonds. The molecular weight excluding hydrogens is 234 g/mol. The van der Waals surface area contributed by atoms with E-state index < -0.39 is 0 Å². The van der Waals surface area contributed by atoms with E-state index in [0.717, 1.165) is 36.7 Å². The summed E-state index contributed by atoms with van der Waals surface area (Å²) in [5, 5.41) is 4.00. The fourth-order valence-corrected chi connectivity index (χ4v) is 2.39. The first-order chi connectivity index (χ1) is 8.04. The van der Waals surface area contributed by atoms with E-state index in [-0.39, 0.29) is 0 Å². The maximum Gasteiger partial charge on any atom is 0.137 e. The topological polar surface area (TPSA) is 37.8 Å². The molecule has 2 rings (SSSR count). The van der Waals surface area contributed by atoms with Gasteiger partial charge < -0.3 is 5.32 Å². The van der Waals surface area contributed by atoms with E-state index in [1.54, 1.807) is 0 Å². The largest absolute Gasteiger partial charge is 0.369 e. The van der Waals surface area contributed by atoms with E-state index in [4.69, 9.17) is 11.6 Å². The van der Waals surface area contributed by atoms with Crippen LogP contribution >= 0.6 is 11.6 Å². The molecule has 1 aromatic heterocycles. The van der Waals surface area contributed by atoms with Crippen LogP contribution in [0, 0.1) is 11.3 Å². The lowest BCUT2D eigenvalue weighted by molar-refractivity contribution is 0.572. The summed E-state index contributed by atoms with van der Waals surface area (Å²) >= 11 is 6.10. The van der Waals surface area contributed by atoms with Crippen molar-refractivity contribution < 1.29 is 0 Å². The summed E-state index contributed by atoms with van der Waals surface area (Å²) in [5.41, 5.74) is 1.55. The molecule has 0 saturated heterocycles. The predicted octanol–water partition coefficient (Wildman–Crippen LogP) is 3.54. The first-order valence-electron chi connectivity index (χ1n) is 6.28. The highest BCUT2D eigenvalue weighted by molar-refractivity contribution is 6.30. The normalized spacial score (nSPS) is 21.3. The maximum absolute atomic E-state index is 6.10. The molecule has 17 heavy (non-hydrogen) atoms. The maximum atomic E-state index is 6.10. The van der Waals surface area contributed by atoms with Gasteiger partial charge in [-0.1, -0.05) is 38.8 Å². The number of hydrogen-bond acceptors (Lipinski definition) is 3. The Morgan fingerprint density at radius 2 is 2.18 bits per heavy atom. The molecule has 1 saturated carbocycles. The van der Waals surface area contributed by atoms with Gasteiger partial charge in [0.2, 0.25) is 0 Å². The average molecular weight is 254 g/mol. The second kappa shape index (κ2) is 4.81. The number of rotatable bonds is 5. The molecule has 1 aromatic rings. The van der Waals surface area contributed by atoms with E-state index >= 15 is 0 Å². The van der Waals surface area contributed by atoms with Gasteiger partial charge in [0, 0.05) is 12.1 Å². The Bertz CT molecular complexity index is 404. The number of nitrogens with zero attached hydrogens (tertiary/aromatic N) is 2. The summed E-state index contributed by atoms with van der Waals surface area (Å²) in [4.78, 5) is 8.34. The zero-order valence-electron chi connectivity index (χ0n) is 10.8. The minimum absolute atomic E-state index is 0.495. The fourth-order valence-electron chi connectivity index (χ4n) is 2.16. The number of aromatic nitrogens is 2. The summed E-state index contributed by atoms with van der Waals surface area (Å²) in [6.07, 6.45) is 4.80. The molecule has 4 heteroatoms. The fraction of sp³-hybridized carbons (Fsp3) is 0.692. The van der Waals surface area contributed by atoms with Gasteiger partial charge in [-0.3, -0.25) is 0 Å². The Balaban J connectivity index is 2.02. The van der Waals surface area contributed by atoms with Crippen molar-refractivity contribution in [2.75, 3.05) is 11.9 Å². The summed E-state index contributed by atoms with van der Waals surface area (Å²) in [7, 11) is 0. The molecule has 1 heterocycles. The molecule has 3 nitrogen and oxygen atoms in total. The van der Waals surface area contributed by atoms with Gasteiger partial charge in [0.15, 0.2) is 0 Å². The van der Waals surface area contributed by atoms with Gasteiger partial charge in [-0.2, -0.15) is 0 Å². The van der Waals surface area contributed by atoms with Crippen LogP contribution in [0.25, 0.3) is 0 Å². The van der Waals surface area contributed by atoms with Gasteiger partial charge in [-0.05, 0) is 24.2 Å². The number of hydrogen-bond donors (Lipinski definition) is 1. The Labute approximate surface area is 108 Å². The lowest BCUT2D eigenvalue weighted by atomic mass is 10.1. The van der Waals surface area contributed by atoms with Crippen LogP contribution in [0.3, 0.4) is 0 Å². The Morgan fingerprint density at radius 3 is 2.76 bits per heavy atom. The molecule has 0 bridgehead atoms. The third kappa shape index (κ3) is 2.89. The number of nitrogens with one attached hydrogen (secondary N) is 1. The second-order valence-electron chi connectivity index (χ2n) is 5.51. The van der Waals surface area contributed by atoms with Crippen LogP contribution in [-0.2, 0) is 6.42 Å². The van der Waals surface area contributed by atoms with Gasteiger partial charge in [0.05, 0.1) is 0 Å². The van der Waals surface area contributed by atoms with Crippen molar-refractivity contribution in [3.63, 3.8) is 0 Å². The zero-order valence-corrected chi connectivity index (χ0v) is 11.5. The number of anilines is 1. The van der Waals surface area contributed by atoms with Crippen LogP contribution in [0.15, 0.2) is 6.33 Å². The summed E-state index contributed by atoms with van der Waals surface area (Å²) in [6, 6.07) is 0. The van der Waals surface area contributed by atoms with E-state index in [1.165, 1.54) is 12.7 Å². The molecular formula is C13H20ClN3. The second-order valence-corrected chi connectivity index (χ2v) is 5.87. The van der Waals surface area contributed by atoms with Gasteiger partial charge in [0.1, 0.15) is 17.3 Å². The van der Waals surface area contributed by atoms with E-state index in [0.29, 0.717) is 10.6 Å². The first-order valence-corrected chi connectivity index (χ1v) is 6.65. The molecule has 1 unspecified atom stereocenters. The Morgan fingerprint density at radius 1 is 1.47 bits per heavy atom. The standard InChI is InChI=1S/C13H20ClN3/c1-4-5-10-11(14)16-8-17-12(10)15-7-9-6-13(9,2)3/h8-9H,4-7H2,1-3H3,(H,15,16,17). The molecule has 1 fully saturated rings. The third-order valence-electron chi connectivity index (χ3n) is 3.63. The molecule has 1 aliphatic carbocycles. The minimum atomic E-state index is 0.495.